The van der Waals surface area contributed by atoms with Gasteiger partial charge in [0.25, 0.3) is 5.91 Å². The third kappa shape index (κ3) is 5.61. The van der Waals surface area contributed by atoms with Crippen LogP contribution in [0.15, 0.2) is 30.3 Å². The van der Waals surface area contributed by atoms with E-state index in [2.05, 4.69) is 14.3 Å². The third-order valence-electron chi connectivity index (χ3n) is 6.85. The number of hydrogen-bond acceptors (Lipinski definition) is 8. The molecule has 1 amide bonds. The van der Waals surface area contributed by atoms with Crippen molar-refractivity contribution in [3.05, 3.63) is 69.6 Å². The number of carbonyl (C=O) groups excluding carboxylic acids is 2. The molecule has 5 rings (SSSR count). The number of esters is 1. The van der Waals surface area contributed by atoms with Crippen LogP contribution in [0.1, 0.15) is 52.0 Å². The van der Waals surface area contributed by atoms with Crippen molar-refractivity contribution in [3.8, 4) is 5.75 Å². The van der Waals surface area contributed by atoms with E-state index < -0.39 is 40.4 Å². The number of pyridine rings is 1. The summed E-state index contributed by atoms with van der Waals surface area (Å²) < 4.78 is 53.1. The van der Waals surface area contributed by atoms with Crippen LogP contribution in [0, 0.1) is 5.82 Å². The Kier molecular flexibility index (Phi) is 7.69. The van der Waals surface area contributed by atoms with Gasteiger partial charge >= 0.3 is 5.97 Å². The first kappa shape index (κ1) is 27.8. The first-order chi connectivity index (χ1) is 19.1. The molecule has 14 heteroatoms. The Hall–Kier alpha value is -3.71. The second-order valence-corrected chi connectivity index (χ2v) is 11.7. The quantitative estimate of drug-likeness (QED) is 0.327. The average molecular weight is 592 g/mol. The minimum atomic E-state index is -3.55. The van der Waals surface area contributed by atoms with Crippen molar-refractivity contribution >= 4 is 39.3 Å². The molecule has 2 aromatic heterocycles. The minimum Gasteiger partial charge on any atom is -0.481 e. The number of carbonyl (C=O) groups is 2. The van der Waals surface area contributed by atoms with Crippen molar-refractivity contribution in [2.24, 2.45) is 0 Å². The lowest BCUT2D eigenvalue weighted by Crippen LogP contribution is -2.44. The molecular formula is C26H27ClFN5O6S. The summed E-state index contributed by atoms with van der Waals surface area (Å²) in [5.41, 5.74) is 1.87. The molecule has 11 nitrogen and oxygen atoms in total. The molecule has 1 atom stereocenters. The van der Waals surface area contributed by atoms with Gasteiger partial charge in [-0.05, 0) is 37.1 Å². The number of amides is 1. The minimum absolute atomic E-state index is 0.00573. The first-order valence-corrected chi connectivity index (χ1v) is 14.8. The number of aryl methyl sites for hydroxylation is 1. The van der Waals surface area contributed by atoms with Gasteiger partial charge in [0.2, 0.25) is 10.0 Å². The van der Waals surface area contributed by atoms with Gasteiger partial charge < -0.3 is 18.9 Å². The van der Waals surface area contributed by atoms with Gasteiger partial charge in [0.1, 0.15) is 23.5 Å². The number of anilines is 1. The van der Waals surface area contributed by atoms with Crippen LogP contribution in [-0.2, 0) is 38.9 Å². The van der Waals surface area contributed by atoms with Gasteiger partial charge in [-0.3, -0.25) is 9.52 Å². The molecule has 0 aliphatic carbocycles. The normalized spacial score (nSPS) is 16.6. The highest BCUT2D eigenvalue weighted by atomic mass is 35.5. The number of fused-ring (bicyclic) bond motifs is 3. The maximum Gasteiger partial charge on any atom is 0.337 e. The number of hydrogen-bond donors (Lipinski definition) is 1. The van der Waals surface area contributed by atoms with E-state index in [-0.39, 0.29) is 34.4 Å². The Balaban J connectivity index is 1.45. The van der Waals surface area contributed by atoms with Crippen LogP contribution >= 0.6 is 11.6 Å². The topological polar surface area (TPSA) is 133 Å². The molecule has 2 aliphatic heterocycles. The van der Waals surface area contributed by atoms with Gasteiger partial charge in [0, 0.05) is 31.5 Å². The molecule has 0 radical (unpaired) electrons. The van der Waals surface area contributed by atoms with Crippen LogP contribution < -0.4 is 9.46 Å². The van der Waals surface area contributed by atoms with Crippen molar-refractivity contribution < 1.29 is 31.9 Å². The highest BCUT2D eigenvalue weighted by molar-refractivity contribution is 7.92. The molecule has 2 aliphatic rings. The summed E-state index contributed by atoms with van der Waals surface area (Å²) >= 11 is 6.16. The maximum atomic E-state index is 15.6. The molecule has 0 fully saturated rings. The zero-order valence-electron chi connectivity index (χ0n) is 21.8. The highest BCUT2D eigenvalue weighted by Crippen LogP contribution is 2.39. The number of halogens is 2. The first-order valence-electron chi connectivity index (χ1n) is 12.6. The summed E-state index contributed by atoms with van der Waals surface area (Å²) in [4.78, 5) is 35.9. The van der Waals surface area contributed by atoms with E-state index in [0.29, 0.717) is 13.0 Å². The molecule has 212 valence electrons. The number of sulfonamides is 1. The van der Waals surface area contributed by atoms with Crippen molar-refractivity contribution in [3.63, 3.8) is 0 Å². The van der Waals surface area contributed by atoms with Crippen LogP contribution in [0.5, 0.6) is 5.75 Å². The van der Waals surface area contributed by atoms with Gasteiger partial charge in [-0.25, -0.2) is 27.6 Å². The largest absolute Gasteiger partial charge is 0.481 e. The molecule has 0 saturated carbocycles. The van der Waals surface area contributed by atoms with Gasteiger partial charge in [-0.2, -0.15) is 0 Å². The van der Waals surface area contributed by atoms with E-state index in [4.69, 9.17) is 26.1 Å². The summed E-state index contributed by atoms with van der Waals surface area (Å²) in [6.07, 6.45) is 4.23. The number of nitrogens with zero attached hydrogens (tertiary/aromatic N) is 4. The number of benzene rings is 1. The number of methoxy groups -OCH3 is 1. The second-order valence-electron chi connectivity index (χ2n) is 9.58. The number of ether oxygens (including phenoxy) is 2. The SMILES string of the molecule is COC(=O)c1ccc(C2c3c(nc4n3CCCC4)CCN2C(=O)COc2ccc(NS(C)(=O)=O)nc2Cl)c(F)c1. The predicted molar refractivity (Wildman–Crippen MR) is 143 cm³/mol. The maximum absolute atomic E-state index is 15.6. The Bertz CT molecular complexity index is 1590. The van der Waals surface area contributed by atoms with Crippen molar-refractivity contribution in [2.45, 2.75) is 38.3 Å². The predicted octanol–water partition coefficient (Wildman–Crippen LogP) is 3.12. The lowest BCUT2D eigenvalue weighted by Gasteiger charge is -2.37. The van der Waals surface area contributed by atoms with Crippen molar-refractivity contribution in [1.82, 2.24) is 19.4 Å². The average Bonchev–Trinajstić information content (AvgIpc) is 3.29. The molecule has 1 N–H and O–H groups in total. The Labute approximate surface area is 235 Å². The fraction of sp³-hybridized carbons (Fsp3) is 0.385. The van der Waals surface area contributed by atoms with Crippen LogP contribution in [0.25, 0.3) is 0 Å². The molecule has 1 unspecified atom stereocenters. The number of rotatable bonds is 7. The number of aromatic nitrogens is 3. The monoisotopic (exact) mass is 591 g/mol. The fourth-order valence-electron chi connectivity index (χ4n) is 5.13. The lowest BCUT2D eigenvalue weighted by atomic mass is 9.93. The molecule has 40 heavy (non-hydrogen) atoms. The molecule has 0 saturated heterocycles. The molecule has 3 aromatic rings. The van der Waals surface area contributed by atoms with E-state index in [1.54, 1.807) is 4.90 Å². The zero-order valence-corrected chi connectivity index (χ0v) is 23.4. The zero-order chi connectivity index (χ0) is 28.6. The van der Waals surface area contributed by atoms with Crippen molar-refractivity contribution in [2.75, 3.05) is 31.2 Å². The van der Waals surface area contributed by atoms with E-state index >= 15 is 4.39 Å². The summed E-state index contributed by atoms with van der Waals surface area (Å²) in [7, 11) is -2.33. The summed E-state index contributed by atoms with van der Waals surface area (Å²) in [6.45, 7) is 0.566. The Morgan fingerprint density at radius 3 is 2.65 bits per heavy atom. The van der Waals surface area contributed by atoms with Crippen molar-refractivity contribution in [1.29, 1.82) is 0 Å². The van der Waals surface area contributed by atoms with E-state index in [9.17, 15) is 18.0 Å². The van der Waals surface area contributed by atoms with E-state index in [1.165, 1.54) is 31.4 Å². The van der Waals surface area contributed by atoms with Gasteiger partial charge in [0.05, 0.1) is 30.3 Å². The van der Waals surface area contributed by atoms with E-state index in [0.717, 1.165) is 48.8 Å². The summed E-state index contributed by atoms with van der Waals surface area (Å²) in [5.74, 6) is -0.732. The number of nitrogens with one attached hydrogen (secondary N) is 1. The third-order valence-corrected chi connectivity index (χ3v) is 7.70. The second kappa shape index (κ2) is 11.0. The molecule has 1 aromatic carbocycles. The van der Waals surface area contributed by atoms with Gasteiger partial charge in [-0.1, -0.05) is 17.7 Å². The smallest absolute Gasteiger partial charge is 0.337 e. The lowest BCUT2D eigenvalue weighted by molar-refractivity contribution is -0.135. The number of imidazole rings is 1. The van der Waals surface area contributed by atoms with Crippen LogP contribution in [0.3, 0.4) is 0 Å². The summed E-state index contributed by atoms with van der Waals surface area (Å²) in [6, 6.07) is 6.06. The standard InChI is InChI=1S/C26H27ClFN5O6S/c1-38-26(35)15-6-7-16(17(28)13-15)23-24-18(29-21-5-3-4-11-32(21)24)10-12-33(23)22(34)14-39-19-8-9-20(30-25(19)27)31-40(2,36)37/h6-9,13,23H,3-5,10-12,14H2,1-2H3,(H,30,31). The highest BCUT2D eigenvalue weighted by Gasteiger charge is 2.39. The summed E-state index contributed by atoms with van der Waals surface area (Å²) in [5, 5.41) is -0.131. The van der Waals surface area contributed by atoms with Gasteiger partial charge in [0.15, 0.2) is 17.5 Å². The molecule has 0 spiro atoms. The Morgan fingerprint density at radius 1 is 1.15 bits per heavy atom. The molecule has 4 heterocycles. The molecule has 0 bridgehead atoms. The van der Waals surface area contributed by atoms with Gasteiger partial charge in [-0.15, -0.1) is 0 Å². The molecular weight excluding hydrogens is 565 g/mol. The Morgan fingerprint density at radius 2 is 1.95 bits per heavy atom. The fourth-order valence-corrected chi connectivity index (χ4v) is 5.83. The van der Waals surface area contributed by atoms with E-state index in [1.807, 2.05) is 0 Å². The van der Waals surface area contributed by atoms with Crippen LogP contribution in [0.4, 0.5) is 10.2 Å². The van der Waals surface area contributed by atoms with Crippen LogP contribution in [-0.4, -0.2) is 66.2 Å². The van der Waals surface area contributed by atoms with Crippen LogP contribution in [0.2, 0.25) is 5.15 Å².